The second-order valence-electron chi connectivity index (χ2n) is 3.11. The fourth-order valence-electron chi connectivity index (χ4n) is 0.871. The van der Waals surface area contributed by atoms with Crippen molar-refractivity contribution in [2.24, 2.45) is 5.73 Å². The first-order valence-corrected chi connectivity index (χ1v) is 4.32. The lowest BCUT2D eigenvalue weighted by molar-refractivity contribution is -0.159. The van der Waals surface area contributed by atoms with E-state index in [4.69, 9.17) is 5.73 Å². The van der Waals surface area contributed by atoms with Crippen LogP contribution in [0.2, 0.25) is 0 Å². The normalized spacial score (nSPS) is 11.2. The lowest BCUT2D eigenvalue weighted by atomic mass is 10.2. The Hall–Kier alpha value is -1.49. The Bertz CT molecular complexity index is 349. The van der Waals surface area contributed by atoms with E-state index in [0.717, 1.165) is 5.56 Å². The van der Waals surface area contributed by atoms with Crippen LogP contribution in [-0.2, 0) is 4.79 Å². The van der Waals surface area contributed by atoms with Crippen LogP contribution in [0.3, 0.4) is 0 Å². The molecule has 0 fully saturated rings. The maximum Gasteiger partial charge on any atom is 0.383 e. The summed E-state index contributed by atoms with van der Waals surface area (Å²) in [5.41, 5.74) is 5.68. The van der Waals surface area contributed by atoms with E-state index in [2.05, 4.69) is 4.74 Å². The molecule has 0 atom stereocenters. The Kier molecular flexibility index (Phi) is 3.36. The van der Waals surface area contributed by atoms with Crippen molar-refractivity contribution in [3.63, 3.8) is 0 Å². The molecule has 0 bridgehead atoms. The lowest BCUT2D eigenvalue weighted by Gasteiger charge is -2.12. The minimum atomic E-state index is -3.63. The van der Waals surface area contributed by atoms with Crippen LogP contribution in [-0.4, -0.2) is 18.4 Å². The van der Waals surface area contributed by atoms with Crippen LogP contribution in [0.5, 0.6) is 5.75 Å². The Balaban J connectivity index is 2.71. The average Bonchev–Trinajstić information content (AvgIpc) is 2.21. The van der Waals surface area contributed by atoms with Crippen LogP contribution in [0.25, 0.3) is 0 Å². The SMILES string of the molecule is Cc1ccc(OC(=O)C(F)(F)CN)cc1. The van der Waals surface area contributed by atoms with Gasteiger partial charge in [0.25, 0.3) is 0 Å². The minimum absolute atomic E-state index is 0.0822. The maximum absolute atomic E-state index is 12.7. The molecule has 1 aromatic rings. The first-order valence-electron chi connectivity index (χ1n) is 4.32. The Morgan fingerprint density at radius 2 is 1.93 bits per heavy atom. The molecule has 0 saturated carbocycles. The van der Waals surface area contributed by atoms with Crippen molar-refractivity contribution >= 4 is 5.97 Å². The molecule has 0 aliphatic rings. The van der Waals surface area contributed by atoms with Crippen LogP contribution >= 0.6 is 0 Å². The highest BCUT2D eigenvalue weighted by Gasteiger charge is 2.39. The number of rotatable bonds is 3. The summed E-state index contributed by atoms with van der Waals surface area (Å²) in [7, 11) is 0. The first kappa shape index (κ1) is 11.6. The molecule has 0 heterocycles. The number of aryl methyl sites for hydroxylation is 1. The third-order valence-corrected chi connectivity index (χ3v) is 1.79. The molecule has 3 nitrogen and oxygen atoms in total. The number of ether oxygens (including phenoxy) is 1. The highest BCUT2D eigenvalue weighted by atomic mass is 19.3. The van der Waals surface area contributed by atoms with Crippen molar-refractivity contribution in [3.8, 4) is 5.75 Å². The topological polar surface area (TPSA) is 52.3 Å². The van der Waals surface area contributed by atoms with E-state index < -0.39 is 18.4 Å². The number of hydrogen-bond acceptors (Lipinski definition) is 3. The van der Waals surface area contributed by atoms with Gasteiger partial charge in [0.15, 0.2) is 0 Å². The van der Waals surface area contributed by atoms with Gasteiger partial charge in [-0.3, -0.25) is 0 Å². The number of esters is 1. The van der Waals surface area contributed by atoms with Crippen molar-refractivity contribution < 1.29 is 18.3 Å². The third kappa shape index (κ3) is 2.99. The number of hydrogen-bond donors (Lipinski definition) is 1. The van der Waals surface area contributed by atoms with Gasteiger partial charge in [-0.15, -0.1) is 0 Å². The number of benzene rings is 1. The molecule has 15 heavy (non-hydrogen) atoms. The summed E-state index contributed by atoms with van der Waals surface area (Å²) in [5, 5.41) is 0. The van der Waals surface area contributed by atoms with Gasteiger partial charge in [0, 0.05) is 0 Å². The summed E-state index contributed by atoms with van der Waals surface area (Å²) < 4.78 is 29.9. The predicted molar refractivity (Wildman–Crippen MR) is 50.8 cm³/mol. The van der Waals surface area contributed by atoms with Gasteiger partial charge in [0.05, 0.1) is 6.54 Å². The summed E-state index contributed by atoms with van der Waals surface area (Å²) in [6.07, 6.45) is 0. The highest BCUT2D eigenvalue weighted by molar-refractivity contribution is 5.80. The quantitative estimate of drug-likeness (QED) is 0.614. The zero-order valence-electron chi connectivity index (χ0n) is 8.17. The Labute approximate surface area is 85.8 Å². The molecular formula is C10H11F2NO2. The summed E-state index contributed by atoms with van der Waals surface area (Å²) in [5.74, 6) is -5.18. The lowest BCUT2D eigenvalue weighted by Crippen LogP contribution is -2.40. The molecule has 0 spiro atoms. The molecule has 0 saturated heterocycles. The highest BCUT2D eigenvalue weighted by Crippen LogP contribution is 2.18. The second-order valence-corrected chi connectivity index (χ2v) is 3.11. The van der Waals surface area contributed by atoms with Gasteiger partial charge in [0.1, 0.15) is 5.75 Å². The summed E-state index contributed by atoms with van der Waals surface area (Å²) in [6.45, 7) is 0.776. The largest absolute Gasteiger partial charge is 0.422 e. The van der Waals surface area contributed by atoms with Crippen LogP contribution in [0.15, 0.2) is 24.3 Å². The van der Waals surface area contributed by atoms with Crippen molar-refractivity contribution in [1.82, 2.24) is 0 Å². The van der Waals surface area contributed by atoms with Crippen LogP contribution in [0.4, 0.5) is 8.78 Å². The Morgan fingerprint density at radius 3 is 2.40 bits per heavy atom. The van der Waals surface area contributed by atoms with Crippen LogP contribution in [0.1, 0.15) is 5.56 Å². The summed E-state index contributed by atoms with van der Waals surface area (Å²) in [4.78, 5) is 10.9. The van der Waals surface area contributed by atoms with Gasteiger partial charge in [-0.05, 0) is 19.1 Å². The summed E-state index contributed by atoms with van der Waals surface area (Å²) in [6, 6.07) is 6.20. The standard InChI is InChI=1S/C10H11F2NO2/c1-7-2-4-8(5-3-7)15-9(14)10(11,12)6-13/h2-5H,6,13H2,1H3. The van der Waals surface area contributed by atoms with Gasteiger partial charge in [-0.25, -0.2) is 4.79 Å². The molecular weight excluding hydrogens is 204 g/mol. The monoisotopic (exact) mass is 215 g/mol. The molecule has 82 valence electrons. The fraction of sp³-hybridized carbons (Fsp3) is 0.300. The smallest absolute Gasteiger partial charge is 0.383 e. The molecule has 2 N–H and O–H groups in total. The second kappa shape index (κ2) is 4.35. The molecule has 0 aliphatic carbocycles. The number of alkyl halides is 2. The predicted octanol–water partition coefficient (Wildman–Crippen LogP) is 1.49. The molecule has 1 aromatic carbocycles. The Morgan fingerprint density at radius 1 is 1.40 bits per heavy atom. The molecule has 1 rings (SSSR count). The number of carbonyl (C=O) groups is 1. The zero-order chi connectivity index (χ0) is 11.5. The van der Waals surface area contributed by atoms with E-state index in [0.29, 0.717) is 0 Å². The molecule has 0 amide bonds. The summed E-state index contributed by atoms with van der Waals surface area (Å²) >= 11 is 0. The molecule has 0 radical (unpaired) electrons. The van der Waals surface area contributed by atoms with E-state index >= 15 is 0 Å². The van der Waals surface area contributed by atoms with Crippen molar-refractivity contribution in [2.75, 3.05) is 6.54 Å². The van der Waals surface area contributed by atoms with Crippen molar-refractivity contribution in [1.29, 1.82) is 0 Å². The minimum Gasteiger partial charge on any atom is -0.422 e. The van der Waals surface area contributed by atoms with E-state index in [9.17, 15) is 13.6 Å². The van der Waals surface area contributed by atoms with Gasteiger partial charge >= 0.3 is 11.9 Å². The van der Waals surface area contributed by atoms with E-state index in [1.165, 1.54) is 12.1 Å². The molecule has 0 aromatic heterocycles. The molecule has 0 aliphatic heterocycles. The van der Waals surface area contributed by atoms with Crippen LogP contribution in [0, 0.1) is 6.92 Å². The maximum atomic E-state index is 12.7. The average molecular weight is 215 g/mol. The third-order valence-electron chi connectivity index (χ3n) is 1.79. The van der Waals surface area contributed by atoms with Crippen molar-refractivity contribution in [2.45, 2.75) is 12.8 Å². The first-order chi connectivity index (χ1) is 6.95. The number of halogens is 2. The van der Waals surface area contributed by atoms with Crippen LogP contribution < -0.4 is 10.5 Å². The van der Waals surface area contributed by atoms with Gasteiger partial charge in [-0.2, -0.15) is 8.78 Å². The van der Waals surface area contributed by atoms with Crippen molar-refractivity contribution in [3.05, 3.63) is 29.8 Å². The van der Waals surface area contributed by atoms with E-state index in [-0.39, 0.29) is 5.75 Å². The molecule has 0 unspecified atom stereocenters. The number of carbonyl (C=O) groups excluding carboxylic acids is 1. The van der Waals surface area contributed by atoms with Gasteiger partial charge < -0.3 is 10.5 Å². The zero-order valence-corrected chi connectivity index (χ0v) is 8.17. The number of nitrogens with two attached hydrogens (primary N) is 1. The van der Waals surface area contributed by atoms with E-state index in [1.54, 1.807) is 12.1 Å². The van der Waals surface area contributed by atoms with Gasteiger partial charge in [0.2, 0.25) is 0 Å². The van der Waals surface area contributed by atoms with Gasteiger partial charge in [-0.1, -0.05) is 17.7 Å². The fourth-order valence-corrected chi connectivity index (χ4v) is 0.871. The van der Waals surface area contributed by atoms with E-state index in [1.807, 2.05) is 6.92 Å². The molecule has 5 heteroatoms.